The average Bonchev–Trinajstić information content (AvgIpc) is 2.86. The first-order valence-corrected chi connectivity index (χ1v) is 7.03. The molecule has 0 aliphatic heterocycles. The van der Waals surface area contributed by atoms with Crippen molar-refractivity contribution in [1.82, 2.24) is 9.97 Å². The van der Waals surface area contributed by atoms with Crippen molar-refractivity contribution in [1.29, 1.82) is 0 Å². The van der Waals surface area contributed by atoms with Crippen LogP contribution in [0.1, 0.15) is 9.88 Å². The van der Waals surface area contributed by atoms with Gasteiger partial charge in [-0.1, -0.05) is 0 Å². The van der Waals surface area contributed by atoms with E-state index in [0.29, 0.717) is 6.61 Å². The van der Waals surface area contributed by atoms with E-state index in [4.69, 9.17) is 4.74 Å². The van der Waals surface area contributed by atoms with Crippen LogP contribution in [0.4, 0.5) is 5.13 Å². The SMILES string of the molecule is COCCNc1nc(-c2nc(C)sc2C)cs1. The van der Waals surface area contributed by atoms with Gasteiger partial charge >= 0.3 is 0 Å². The summed E-state index contributed by atoms with van der Waals surface area (Å²) < 4.78 is 4.98. The first-order chi connectivity index (χ1) is 8.20. The minimum absolute atomic E-state index is 0.684. The predicted molar refractivity (Wildman–Crippen MR) is 73.1 cm³/mol. The molecule has 92 valence electrons. The highest BCUT2D eigenvalue weighted by Crippen LogP contribution is 2.29. The average molecular weight is 269 g/mol. The van der Waals surface area contributed by atoms with Crippen molar-refractivity contribution in [2.45, 2.75) is 13.8 Å². The smallest absolute Gasteiger partial charge is 0.183 e. The molecular weight excluding hydrogens is 254 g/mol. The molecule has 6 heteroatoms. The summed E-state index contributed by atoms with van der Waals surface area (Å²) in [6, 6.07) is 0. The number of thiazole rings is 2. The molecule has 0 saturated heterocycles. The largest absolute Gasteiger partial charge is 0.383 e. The van der Waals surface area contributed by atoms with Gasteiger partial charge in [-0.15, -0.1) is 22.7 Å². The molecule has 4 nitrogen and oxygen atoms in total. The Bertz CT molecular complexity index is 493. The number of nitrogens with one attached hydrogen (secondary N) is 1. The van der Waals surface area contributed by atoms with Gasteiger partial charge in [-0.05, 0) is 13.8 Å². The lowest BCUT2D eigenvalue weighted by Gasteiger charge is -1.99. The van der Waals surface area contributed by atoms with Crippen LogP contribution in [-0.2, 0) is 4.74 Å². The molecule has 0 aromatic carbocycles. The molecule has 0 radical (unpaired) electrons. The van der Waals surface area contributed by atoms with Crippen LogP contribution in [0, 0.1) is 13.8 Å². The fraction of sp³-hybridized carbons (Fsp3) is 0.455. The van der Waals surface area contributed by atoms with E-state index in [1.165, 1.54) is 4.88 Å². The van der Waals surface area contributed by atoms with Gasteiger partial charge < -0.3 is 10.1 Å². The van der Waals surface area contributed by atoms with Crippen LogP contribution in [0.5, 0.6) is 0 Å². The molecule has 0 saturated carbocycles. The molecule has 2 aromatic heterocycles. The molecule has 2 rings (SSSR count). The Balaban J connectivity index is 2.10. The van der Waals surface area contributed by atoms with Gasteiger partial charge in [0, 0.05) is 23.9 Å². The first kappa shape index (κ1) is 12.5. The van der Waals surface area contributed by atoms with Gasteiger partial charge in [-0.2, -0.15) is 0 Å². The van der Waals surface area contributed by atoms with Gasteiger partial charge in [0.15, 0.2) is 5.13 Å². The highest BCUT2D eigenvalue weighted by Gasteiger charge is 2.11. The molecule has 0 aliphatic rings. The summed E-state index contributed by atoms with van der Waals surface area (Å²) in [5.74, 6) is 0. The number of ether oxygens (including phenoxy) is 1. The van der Waals surface area contributed by atoms with Crippen LogP contribution in [0.25, 0.3) is 11.4 Å². The Hall–Kier alpha value is -0.980. The fourth-order valence-corrected chi connectivity index (χ4v) is 3.04. The van der Waals surface area contributed by atoms with Crippen molar-refractivity contribution in [3.05, 3.63) is 15.3 Å². The molecular formula is C11H15N3OS2. The van der Waals surface area contributed by atoms with Gasteiger partial charge in [-0.3, -0.25) is 0 Å². The zero-order valence-electron chi connectivity index (χ0n) is 10.1. The maximum Gasteiger partial charge on any atom is 0.183 e. The fourth-order valence-electron chi connectivity index (χ4n) is 1.49. The minimum Gasteiger partial charge on any atom is -0.383 e. The molecule has 1 N–H and O–H groups in total. The highest BCUT2D eigenvalue weighted by atomic mass is 32.1. The van der Waals surface area contributed by atoms with E-state index >= 15 is 0 Å². The molecule has 0 aliphatic carbocycles. The Morgan fingerprint density at radius 1 is 1.35 bits per heavy atom. The summed E-state index contributed by atoms with van der Waals surface area (Å²) in [6.07, 6.45) is 0. The summed E-state index contributed by atoms with van der Waals surface area (Å²) >= 11 is 3.31. The summed E-state index contributed by atoms with van der Waals surface area (Å²) in [5.41, 5.74) is 1.96. The second-order valence-corrected chi connectivity index (χ2v) is 5.86. The summed E-state index contributed by atoms with van der Waals surface area (Å²) in [6.45, 7) is 5.56. The lowest BCUT2D eigenvalue weighted by atomic mass is 10.3. The number of nitrogens with zero attached hydrogens (tertiary/aromatic N) is 2. The van der Waals surface area contributed by atoms with E-state index in [1.54, 1.807) is 29.8 Å². The zero-order chi connectivity index (χ0) is 12.3. The van der Waals surface area contributed by atoms with Crippen LogP contribution in [0.15, 0.2) is 5.38 Å². The molecule has 17 heavy (non-hydrogen) atoms. The molecule has 0 fully saturated rings. The third kappa shape index (κ3) is 3.02. The minimum atomic E-state index is 0.684. The number of aryl methyl sites for hydroxylation is 2. The van der Waals surface area contributed by atoms with Crippen LogP contribution in [-0.4, -0.2) is 30.2 Å². The lowest BCUT2D eigenvalue weighted by molar-refractivity contribution is 0.211. The molecule has 0 unspecified atom stereocenters. The number of hydrogen-bond acceptors (Lipinski definition) is 6. The number of hydrogen-bond donors (Lipinski definition) is 1. The molecule has 2 aromatic rings. The Labute approximate surface area is 109 Å². The topological polar surface area (TPSA) is 47.0 Å². The van der Waals surface area contributed by atoms with Crippen molar-refractivity contribution >= 4 is 27.8 Å². The van der Waals surface area contributed by atoms with E-state index in [1.807, 2.05) is 12.3 Å². The molecule has 2 heterocycles. The van der Waals surface area contributed by atoms with E-state index < -0.39 is 0 Å². The number of rotatable bonds is 5. The number of aromatic nitrogens is 2. The maximum absolute atomic E-state index is 4.98. The maximum atomic E-state index is 4.98. The van der Waals surface area contributed by atoms with E-state index in [0.717, 1.165) is 28.1 Å². The van der Waals surface area contributed by atoms with Gasteiger partial charge in [-0.25, -0.2) is 9.97 Å². The standard InChI is InChI=1S/C11H15N3OS2/c1-7-10(13-8(2)17-7)9-6-16-11(14-9)12-4-5-15-3/h6H,4-5H2,1-3H3,(H,12,14). The lowest BCUT2D eigenvalue weighted by Crippen LogP contribution is -2.07. The molecule has 0 bridgehead atoms. The second-order valence-electron chi connectivity index (χ2n) is 3.60. The second kappa shape index (κ2) is 5.57. The van der Waals surface area contributed by atoms with Gasteiger partial charge in [0.05, 0.1) is 11.6 Å². The normalized spacial score (nSPS) is 10.8. The van der Waals surface area contributed by atoms with E-state index in [9.17, 15) is 0 Å². The summed E-state index contributed by atoms with van der Waals surface area (Å²) in [4.78, 5) is 10.2. The van der Waals surface area contributed by atoms with E-state index in [-0.39, 0.29) is 0 Å². The van der Waals surface area contributed by atoms with Crippen molar-refractivity contribution < 1.29 is 4.74 Å². The molecule has 0 amide bonds. The zero-order valence-corrected chi connectivity index (χ0v) is 11.7. The summed E-state index contributed by atoms with van der Waals surface area (Å²) in [5, 5.41) is 7.26. The van der Waals surface area contributed by atoms with Gasteiger partial charge in [0.1, 0.15) is 11.4 Å². The Morgan fingerprint density at radius 3 is 2.82 bits per heavy atom. The van der Waals surface area contributed by atoms with Crippen LogP contribution >= 0.6 is 22.7 Å². The third-order valence-corrected chi connectivity index (χ3v) is 3.92. The quantitative estimate of drug-likeness (QED) is 0.848. The number of methoxy groups -OCH3 is 1. The van der Waals surface area contributed by atoms with Crippen molar-refractivity contribution in [2.75, 3.05) is 25.6 Å². The molecule has 0 atom stereocenters. The van der Waals surface area contributed by atoms with Gasteiger partial charge in [0.2, 0.25) is 0 Å². The monoisotopic (exact) mass is 269 g/mol. The number of anilines is 1. The predicted octanol–water partition coefficient (Wildman–Crippen LogP) is 2.94. The third-order valence-electron chi connectivity index (χ3n) is 2.23. The van der Waals surface area contributed by atoms with Crippen molar-refractivity contribution in [2.24, 2.45) is 0 Å². The summed E-state index contributed by atoms with van der Waals surface area (Å²) in [7, 11) is 1.69. The van der Waals surface area contributed by atoms with Crippen LogP contribution < -0.4 is 5.32 Å². The van der Waals surface area contributed by atoms with Crippen molar-refractivity contribution in [3.8, 4) is 11.4 Å². The Kier molecular flexibility index (Phi) is 4.09. The molecule has 0 spiro atoms. The van der Waals surface area contributed by atoms with Gasteiger partial charge in [0.25, 0.3) is 0 Å². The van der Waals surface area contributed by atoms with Crippen LogP contribution in [0.2, 0.25) is 0 Å². The van der Waals surface area contributed by atoms with Crippen LogP contribution in [0.3, 0.4) is 0 Å². The Morgan fingerprint density at radius 2 is 2.18 bits per heavy atom. The first-order valence-electron chi connectivity index (χ1n) is 5.33. The van der Waals surface area contributed by atoms with E-state index in [2.05, 4.69) is 22.2 Å². The highest BCUT2D eigenvalue weighted by molar-refractivity contribution is 7.14. The van der Waals surface area contributed by atoms with Crippen molar-refractivity contribution in [3.63, 3.8) is 0 Å².